The topological polar surface area (TPSA) is 38.9 Å². The maximum absolute atomic E-state index is 6.38. The van der Waals surface area contributed by atoms with E-state index in [9.17, 15) is 0 Å². The number of nitrogens with two attached hydrogens (primary N) is 1. The molecule has 1 fully saturated rings. The molecule has 0 amide bonds. The van der Waals surface area contributed by atoms with Crippen LogP contribution in [0.4, 0.5) is 0 Å². The first-order valence-corrected chi connectivity index (χ1v) is 5.81. The van der Waals surface area contributed by atoms with E-state index in [1.54, 1.807) is 0 Å². The van der Waals surface area contributed by atoms with Crippen molar-refractivity contribution in [3.05, 3.63) is 28.5 Å². The molecule has 1 aromatic rings. The zero-order valence-electron chi connectivity index (χ0n) is 8.33. The Balaban J connectivity index is 2.35. The molecule has 0 spiro atoms. The van der Waals surface area contributed by atoms with Crippen LogP contribution in [0.25, 0.3) is 0 Å². The molecule has 2 N–H and O–H groups in total. The molecular formula is C11H15BrN2. The zero-order valence-corrected chi connectivity index (χ0v) is 9.92. The van der Waals surface area contributed by atoms with Crippen LogP contribution in [0.1, 0.15) is 31.9 Å². The highest BCUT2D eigenvalue weighted by atomic mass is 79.9. The van der Waals surface area contributed by atoms with Crippen molar-refractivity contribution < 1.29 is 0 Å². The predicted octanol–water partition coefficient (Wildman–Crippen LogP) is 2.82. The SMILES string of the molecule is CC1CCC(N)(c2ncccc2Br)C1. The van der Waals surface area contributed by atoms with Gasteiger partial charge >= 0.3 is 0 Å². The first-order valence-electron chi connectivity index (χ1n) is 5.02. The van der Waals surface area contributed by atoms with Crippen molar-refractivity contribution in [1.82, 2.24) is 4.98 Å². The van der Waals surface area contributed by atoms with Crippen molar-refractivity contribution in [2.75, 3.05) is 0 Å². The maximum atomic E-state index is 6.38. The highest BCUT2D eigenvalue weighted by molar-refractivity contribution is 9.10. The van der Waals surface area contributed by atoms with Gasteiger partial charge in [0.1, 0.15) is 0 Å². The Morgan fingerprint density at radius 3 is 3.00 bits per heavy atom. The van der Waals surface area contributed by atoms with Gasteiger partial charge in [0.2, 0.25) is 0 Å². The average Bonchev–Trinajstić information content (AvgIpc) is 2.48. The highest BCUT2D eigenvalue weighted by Crippen LogP contribution is 2.41. The number of rotatable bonds is 1. The van der Waals surface area contributed by atoms with Crippen LogP contribution in [0, 0.1) is 5.92 Å². The molecule has 1 aliphatic carbocycles. The van der Waals surface area contributed by atoms with Gasteiger partial charge in [-0.05, 0) is 53.2 Å². The van der Waals surface area contributed by atoms with Crippen LogP contribution >= 0.6 is 15.9 Å². The summed E-state index contributed by atoms with van der Waals surface area (Å²) < 4.78 is 1.04. The summed E-state index contributed by atoms with van der Waals surface area (Å²) in [5, 5.41) is 0. The summed E-state index contributed by atoms with van der Waals surface area (Å²) in [7, 11) is 0. The number of pyridine rings is 1. The Labute approximate surface area is 93.0 Å². The summed E-state index contributed by atoms with van der Waals surface area (Å²) in [4.78, 5) is 4.39. The van der Waals surface area contributed by atoms with E-state index in [1.165, 1.54) is 6.42 Å². The Morgan fingerprint density at radius 2 is 2.43 bits per heavy atom. The van der Waals surface area contributed by atoms with Crippen molar-refractivity contribution in [1.29, 1.82) is 0 Å². The van der Waals surface area contributed by atoms with E-state index in [2.05, 4.69) is 27.8 Å². The molecule has 14 heavy (non-hydrogen) atoms. The summed E-state index contributed by atoms with van der Waals surface area (Å²) in [5.41, 5.74) is 7.19. The van der Waals surface area contributed by atoms with E-state index in [0.717, 1.165) is 23.0 Å². The molecule has 0 aliphatic heterocycles. The second kappa shape index (κ2) is 3.63. The van der Waals surface area contributed by atoms with E-state index in [4.69, 9.17) is 5.73 Å². The minimum absolute atomic E-state index is 0.209. The van der Waals surface area contributed by atoms with Crippen molar-refractivity contribution in [2.24, 2.45) is 11.7 Å². The van der Waals surface area contributed by atoms with E-state index in [1.807, 2.05) is 18.3 Å². The van der Waals surface area contributed by atoms with Gasteiger partial charge in [-0.3, -0.25) is 4.98 Å². The van der Waals surface area contributed by atoms with Gasteiger partial charge < -0.3 is 5.73 Å². The predicted molar refractivity (Wildman–Crippen MR) is 60.8 cm³/mol. The van der Waals surface area contributed by atoms with Gasteiger partial charge in [0, 0.05) is 10.7 Å². The Bertz CT molecular complexity index is 340. The molecule has 1 aliphatic rings. The van der Waals surface area contributed by atoms with E-state index in [-0.39, 0.29) is 5.54 Å². The second-order valence-corrected chi connectivity index (χ2v) is 5.19. The lowest BCUT2D eigenvalue weighted by atomic mass is 9.93. The highest BCUT2D eigenvalue weighted by Gasteiger charge is 2.37. The number of aromatic nitrogens is 1. The molecule has 0 saturated heterocycles. The minimum atomic E-state index is -0.209. The molecule has 0 radical (unpaired) electrons. The molecule has 2 atom stereocenters. The first-order chi connectivity index (χ1) is 6.62. The largest absolute Gasteiger partial charge is 0.320 e. The molecule has 1 saturated carbocycles. The molecule has 3 heteroatoms. The fourth-order valence-corrected chi connectivity index (χ4v) is 2.95. The van der Waals surface area contributed by atoms with Crippen LogP contribution in [0.15, 0.2) is 22.8 Å². The van der Waals surface area contributed by atoms with Crippen LogP contribution < -0.4 is 5.73 Å². The van der Waals surface area contributed by atoms with Crippen molar-refractivity contribution in [3.63, 3.8) is 0 Å². The van der Waals surface area contributed by atoms with Crippen LogP contribution in [0.3, 0.4) is 0 Å². The normalized spacial score (nSPS) is 32.1. The lowest BCUT2D eigenvalue weighted by Crippen LogP contribution is -2.35. The third-order valence-corrected chi connectivity index (χ3v) is 3.67. The lowest BCUT2D eigenvalue weighted by molar-refractivity contribution is 0.426. The molecule has 1 aromatic heterocycles. The lowest BCUT2D eigenvalue weighted by Gasteiger charge is -2.24. The number of halogens is 1. The fraction of sp³-hybridized carbons (Fsp3) is 0.545. The summed E-state index contributed by atoms with van der Waals surface area (Å²) in [6.45, 7) is 2.26. The van der Waals surface area contributed by atoms with Crippen molar-refractivity contribution in [3.8, 4) is 0 Å². The quantitative estimate of drug-likeness (QED) is 0.838. The van der Waals surface area contributed by atoms with Crippen LogP contribution in [-0.2, 0) is 5.54 Å². The van der Waals surface area contributed by atoms with Crippen LogP contribution in [-0.4, -0.2) is 4.98 Å². The van der Waals surface area contributed by atoms with Gasteiger partial charge in [-0.15, -0.1) is 0 Å². The van der Waals surface area contributed by atoms with E-state index < -0.39 is 0 Å². The van der Waals surface area contributed by atoms with Gasteiger partial charge in [0.15, 0.2) is 0 Å². The number of hydrogen-bond donors (Lipinski definition) is 1. The summed E-state index contributed by atoms with van der Waals surface area (Å²) in [5.74, 6) is 0.717. The Hall–Kier alpha value is -0.410. The van der Waals surface area contributed by atoms with Crippen LogP contribution in [0.2, 0.25) is 0 Å². The van der Waals surface area contributed by atoms with Crippen molar-refractivity contribution in [2.45, 2.75) is 31.7 Å². The summed E-state index contributed by atoms with van der Waals surface area (Å²) >= 11 is 3.52. The van der Waals surface area contributed by atoms with Gasteiger partial charge in [-0.25, -0.2) is 0 Å². The van der Waals surface area contributed by atoms with Gasteiger partial charge in [-0.2, -0.15) is 0 Å². The number of hydrogen-bond acceptors (Lipinski definition) is 2. The molecule has 0 aromatic carbocycles. The maximum Gasteiger partial charge on any atom is 0.0744 e. The average molecular weight is 255 g/mol. The second-order valence-electron chi connectivity index (χ2n) is 4.34. The third-order valence-electron chi connectivity index (χ3n) is 3.03. The first kappa shape index (κ1) is 10.1. The third kappa shape index (κ3) is 1.71. The van der Waals surface area contributed by atoms with Gasteiger partial charge in [-0.1, -0.05) is 6.92 Å². The minimum Gasteiger partial charge on any atom is -0.320 e. The smallest absolute Gasteiger partial charge is 0.0744 e. The molecule has 0 bridgehead atoms. The monoisotopic (exact) mass is 254 g/mol. The molecule has 1 heterocycles. The zero-order chi connectivity index (χ0) is 10.2. The Kier molecular flexibility index (Phi) is 2.62. The van der Waals surface area contributed by atoms with Gasteiger partial charge in [0.05, 0.1) is 11.2 Å². The summed E-state index contributed by atoms with van der Waals surface area (Å²) in [6.07, 6.45) is 5.11. The standard InChI is InChI=1S/C11H15BrN2/c1-8-4-5-11(13,7-8)10-9(12)3-2-6-14-10/h2-3,6,8H,4-5,7,13H2,1H3. The van der Waals surface area contributed by atoms with Crippen LogP contribution in [0.5, 0.6) is 0 Å². The molecule has 2 nitrogen and oxygen atoms in total. The van der Waals surface area contributed by atoms with E-state index >= 15 is 0 Å². The van der Waals surface area contributed by atoms with Gasteiger partial charge in [0.25, 0.3) is 0 Å². The molecule has 76 valence electrons. The number of nitrogens with zero attached hydrogens (tertiary/aromatic N) is 1. The molecule has 2 rings (SSSR count). The summed E-state index contributed by atoms with van der Waals surface area (Å²) in [6, 6.07) is 3.94. The molecular weight excluding hydrogens is 240 g/mol. The fourth-order valence-electron chi connectivity index (χ4n) is 2.30. The molecule has 2 unspecified atom stereocenters. The van der Waals surface area contributed by atoms with E-state index in [0.29, 0.717) is 5.92 Å². The Morgan fingerprint density at radius 1 is 1.64 bits per heavy atom. The van der Waals surface area contributed by atoms with Crippen molar-refractivity contribution >= 4 is 15.9 Å².